The van der Waals surface area contributed by atoms with E-state index in [0.717, 1.165) is 34.0 Å². The smallest absolute Gasteiger partial charge is 0.0541 e. The first kappa shape index (κ1) is 43.8. The molecule has 0 aliphatic heterocycles. The lowest BCUT2D eigenvalue weighted by Crippen LogP contribution is -2.09. The van der Waals surface area contributed by atoms with Crippen molar-refractivity contribution in [3.05, 3.63) is 297 Å². The van der Waals surface area contributed by atoms with Crippen LogP contribution in [0.25, 0.3) is 111 Å². The normalized spacial score (nSPS) is 11.5. The molecule has 2 heterocycles. The van der Waals surface area contributed by atoms with Crippen molar-refractivity contribution in [2.75, 3.05) is 4.90 Å². The molecule has 0 bridgehead atoms. The second-order valence-electron chi connectivity index (χ2n) is 19.3. The Kier molecular flexibility index (Phi) is 10.8. The third-order valence-electron chi connectivity index (χ3n) is 14.9. The summed E-state index contributed by atoms with van der Waals surface area (Å²) in [5.74, 6) is 0. The predicted molar refractivity (Wildman–Crippen MR) is 317 cm³/mol. The van der Waals surface area contributed by atoms with Gasteiger partial charge in [0.2, 0.25) is 0 Å². The number of para-hydroxylation sites is 4. The van der Waals surface area contributed by atoms with E-state index in [4.69, 9.17) is 0 Å². The number of rotatable bonds is 10. The van der Waals surface area contributed by atoms with Crippen LogP contribution in [0.5, 0.6) is 0 Å². The highest BCUT2D eigenvalue weighted by Crippen LogP contribution is 2.42. The van der Waals surface area contributed by atoms with Gasteiger partial charge in [-0.15, -0.1) is 0 Å². The van der Waals surface area contributed by atoms with Gasteiger partial charge in [-0.2, -0.15) is 0 Å². The molecule has 3 heteroatoms. The van der Waals surface area contributed by atoms with Gasteiger partial charge in [0.05, 0.1) is 22.1 Å². The third-order valence-corrected chi connectivity index (χ3v) is 14.9. The molecule has 14 aromatic rings. The van der Waals surface area contributed by atoms with Crippen LogP contribution >= 0.6 is 0 Å². The van der Waals surface area contributed by atoms with E-state index >= 15 is 0 Å². The van der Waals surface area contributed by atoms with Gasteiger partial charge in [0.25, 0.3) is 0 Å². The summed E-state index contributed by atoms with van der Waals surface area (Å²) in [6.45, 7) is 0. The van der Waals surface area contributed by atoms with Crippen LogP contribution in [-0.4, -0.2) is 9.13 Å². The molecule has 2 aromatic heterocycles. The fourth-order valence-electron chi connectivity index (χ4n) is 11.3. The maximum Gasteiger partial charge on any atom is 0.0541 e. The lowest BCUT2D eigenvalue weighted by Gasteiger charge is -2.26. The molecule has 75 heavy (non-hydrogen) atoms. The Morgan fingerprint density at radius 1 is 0.187 bits per heavy atom. The molecule has 0 fully saturated rings. The van der Waals surface area contributed by atoms with Crippen molar-refractivity contribution in [2.24, 2.45) is 0 Å². The van der Waals surface area contributed by atoms with Crippen LogP contribution in [-0.2, 0) is 0 Å². The minimum absolute atomic E-state index is 1.08. The standard InChI is InChI=1S/C72H49N3/c1-5-17-50(18-6-1)57-45-58(51-19-7-2-8-20-51)47-59(46-57)54-33-41-64(42-34-54)73(62-37-29-52(30-38-62)55-35-43-71-67(48-55)65-25-13-15-27-69(65)74(71)60-21-9-3-10-22-60)63-39-31-53(32-40-63)56-36-44-72-68(49-56)66-26-14-16-28-70(66)75(72)61-23-11-4-12-24-61/h1-49H. The fourth-order valence-corrected chi connectivity index (χ4v) is 11.3. The van der Waals surface area contributed by atoms with Crippen LogP contribution in [0.3, 0.4) is 0 Å². The van der Waals surface area contributed by atoms with Gasteiger partial charge in [0.1, 0.15) is 0 Å². The van der Waals surface area contributed by atoms with Gasteiger partial charge >= 0.3 is 0 Å². The summed E-state index contributed by atoms with van der Waals surface area (Å²) in [7, 11) is 0. The SMILES string of the molecule is c1ccc(-c2cc(-c3ccccc3)cc(-c3ccc(N(c4ccc(-c5ccc6c(c5)c5ccccc5n6-c5ccccc5)cc4)c4ccc(-c5ccc6c(c5)c5ccccc5n6-c5ccccc5)cc4)cc3)c2)cc1. The number of aromatic nitrogens is 2. The zero-order valence-electron chi connectivity index (χ0n) is 41.1. The van der Waals surface area contributed by atoms with E-state index in [1.165, 1.54) is 93.7 Å². The minimum Gasteiger partial charge on any atom is -0.311 e. The van der Waals surface area contributed by atoms with E-state index in [1.807, 2.05) is 0 Å². The molecule has 14 rings (SSSR count). The number of fused-ring (bicyclic) bond motifs is 6. The molecule has 12 aromatic carbocycles. The first-order valence-corrected chi connectivity index (χ1v) is 25.7. The summed E-state index contributed by atoms with van der Waals surface area (Å²) in [5.41, 5.74) is 22.2. The summed E-state index contributed by atoms with van der Waals surface area (Å²) < 4.78 is 4.74. The van der Waals surface area contributed by atoms with Gasteiger partial charge in [-0.1, -0.05) is 182 Å². The van der Waals surface area contributed by atoms with E-state index in [9.17, 15) is 0 Å². The molecule has 352 valence electrons. The first-order valence-electron chi connectivity index (χ1n) is 25.7. The van der Waals surface area contributed by atoms with Crippen molar-refractivity contribution < 1.29 is 0 Å². The van der Waals surface area contributed by atoms with E-state index in [0.29, 0.717) is 0 Å². The molecule has 3 nitrogen and oxygen atoms in total. The lowest BCUT2D eigenvalue weighted by molar-refractivity contribution is 1.18. The molecule has 0 saturated carbocycles. The molecule has 0 spiro atoms. The summed E-state index contributed by atoms with van der Waals surface area (Å²) in [6, 6.07) is 108. The highest BCUT2D eigenvalue weighted by Gasteiger charge is 2.18. The summed E-state index contributed by atoms with van der Waals surface area (Å²) >= 11 is 0. The van der Waals surface area contributed by atoms with Crippen molar-refractivity contribution in [2.45, 2.75) is 0 Å². The van der Waals surface area contributed by atoms with Crippen molar-refractivity contribution in [3.63, 3.8) is 0 Å². The molecular formula is C72H49N3. The maximum atomic E-state index is 2.38. The Hall–Kier alpha value is -9.96. The van der Waals surface area contributed by atoms with Crippen LogP contribution in [0.4, 0.5) is 17.1 Å². The third kappa shape index (κ3) is 7.95. The van der Waals surface area contributed by atoms with Gasteiger partial charge in [0.15, 0.2) is 0 Å². The fraction of sp³-hybridized carbons (Fsp3) is 0. The molecule has 0 saturated heterocycles. The monoisotopic (exact) mass is 955 g/mol. The van der Waals surface area contributed by atoms with Crippen molar-refractivity contribution in [3.8, 4) is 67.0 Å². The van der Waals surface area contributed by atoms with Gasteiger partial charge in [-0.3, -0.25) is 0 Å². The van der Waals surface area contributed by atoms with E-state index < -0.39 is 0 Å². The van der Waals surface area contributed by atoms with Crippen molar-refractivity contribution in [1.82, 2.24) is 9.13 Å². The van der Waals surface area contributed by atoms with Crippen LogP contribution in [0.2, 0.25) is 0 Å². The Morgan fingerprint density at radius 2 is 0.467 bits per heavy atom. The summed E-state index contributed by atoms with van der Waals surface area (Å²) in [6.07, 6.45) is 0. The summed E-state index contributed by atoms with van der Waals surface area (Å²) in [5, 5.41) is 4.97. The van der Waals surface area contributed by atoms with Crippen LogP contribution in [0.15, 0.2) is 297 Å². The van der Waals surface area contributed by atoms with Crippen molar-refractivity contribution in [1.29, 1.82) is 0 Å². The molecule has 0 radical (unpaired) electrons. The van der Waals surface area contributed by atoms with Crippen LogP contribution in [0, 0.1) is 0 Å². The second-order valence-corrected chi connectivity index (χ2v) is 19.3. The molecule has 0 amide bonds. The predicted octanol–water partition coefficient (Wildman–Crippen LogP) is 19.7. The molecule has 0 N–H and O–H groups in total. The van der Waals surface area contributed by atoms with E-state index in [2.05, 4.69) is 311 Å². The average molecular weight is 956 g/mol. The number of hydrogen-bond donors (Lipinski definition) is 0. The van der Waals surface area contributed by atoms with Crippen molar-refractivity contribution >= 4 is 60.7 Å². The Bertz CT molecular complexity index is 4090. The lowest BCUT2D eigenvalue weighted by atomic mass is 9.93. The highest BCUT2D eigenvalue weighted by atomic mass is 15.1. The number of benzene rings is 12. The minimum atomic E-state index is 1.08. The quantitative estimate of drug-likeness (QED) is 0.133. The van der Waals surface area contributed by atoms with Gasteiger partial charge < -0.3 is 14.0 Å². The Morgan fingerprint density at radius 3 is 0.840 bits per heavy atom. The molecule has 0 aliphatic carbocycles. The van der Waals surface area contributed by atoms with Gasteiger partial charge in [0, 0.05) is 50.0 Å². The van der Waals surface area contributed by atoms with Gasteiger partial charge in [-0.25, -0.2) is 0 Å². The Labute approximate surface area is 436 Å². The van der Waals surface area contributed by atoms with Crippen LogP contribution in [0.1, 0.15) is 0 Å². The van der Waals surface area contributed by atoms with E-state index in [-0.39, 0.29) is 0 Å². The molecular weight excluding hydrogens is 907 g/mol. The second kappa shape index (κ2) is 18.6. The van der Waals surface area contributed by atoms with E-state index in [1.54, 1.807) is 0 Å². The topological polar surface area (TPSA) is 13.1 Å². The zero-order chi connectivity index (χ0) is 49.7. The maximum absolute atomic E-state index is 2.38. The molecule has 0 unspecified atom stereocenters. The largest absolute Gasteiger partial charge is 0.311 e. The average Bonchev–Trinajstić information content (AvgIpc) is 4.01. The molecule has 0 aliphatic rings. The zero-order valence-corrected chi connectivity index (χ0v) is 41.1. The summed E-state index contributed by atoms with van der Waals surface area (Å²) in [4.78, 5) is 2.38. The van der Waals surface area contributed by atoms with Gasteiger partial charge in [-0.05, 0) is 171 Å². The number of hydrogen-bond acceptors (Lipinski definition) is 1. The van der Waals surface area contributed by atoms with Crippen LogP contribution < -0.4 is 4.90 Å². The highest BCUT2D eigenvalue weighted by molar-refractivity contribution is 6.11. The molecule has 0 atom stereocenters. The number of anilines is 3. The first-order chi connectivity index (χ1) is 37.2. The Balaban J connectivity index is 0.852. The number of nitrogens with zero attached hydrogens (tertiary/aromatic N) is 3.